The molecule has 7 N–H and O–H groups in total. The van der Waals surface area contributed by atoms with Crippen LogP contribution in [0.2, 0.25) is 0 Å². The minimum absolute atomic E-state index is 0.0518. The van der Waals surface area contributed by atoms with Crippen LogP contribution < -0.4 is 22.1 Å². The van der Waals surface area contributed by atoms with Gasteiger partial charge in [0.25, 0.3) is 5.91 Å². The number of pyridine rings is 1. The zero-order valence-electron chi connectivity index (χ0n) is 19.0. The van der Waals surface area contributed by atoms with Crippen LogP contribution in [0, 0.1) is 11.2 Å². The standard InChI is InChI=1S/C25H25FN6O2S/c1-14(27)10-23(35)32-20-13-21(19(26)12-18(20)24(28)33)31-22(25(29)34)11-15-2-4-16(5-3-15)17-6-8-30-9-7-17/h2-9,12-13,22,27,31H,10-11H2,1H3,(H2,28,33)(H2,29,34)(H,32,35). The molecular weight excluding hydrogens is 467 g/mol. The molecule has 0 fully saturated rings. The lowest BCUT2D eigenvalue weighted by molar-refractivity contribution is -0.118. The van der Waals surface area contributed by atoms with Crippen molar-refractivity contribution in [3.8, 4) is 11.1 Å². The van der Waals surface area contributed by atoms with Gasteiger partial charge in [-0.05, 0) is 47.9 Å². The van der Waals surface area contributed by atoms with Crippen molar-refractivity contribution in [1.29, 1.82) is 5.41 Å². The molecular formula is C25H25FN6O2S. The Hall–Kier alpha value is -4.18. The van der Waals surface area contributed by atoms with Crippen LogP contribution in [0.5, 0.6) is 0 Å². The molecule has 0 aliphatic carbocycles. The average molecular weight is 493 g/mol. The Morgan fingerprint density at radius 3 is 2.26 bits per heavy atom. The quantitative estimate of drug-likeness (QED) is 0.216. The maximum atomic E-state index is 14.8. The number of nitrogens with two attached hydrogens (primary N) is 2. The van der Waals surface area contributed by atoms with Crippen molar-refractivity contribution >= 4 is 46.1 Å². The molecule has 180 valence electrons. The van der Waals surface area contributed by atoms with Crippen LogP contribution in [0.25, 0.3) is 11.1 Å². The summed E-state index contributed by atoms with van der Waals surface area (Å²) >= 11 is 5.20. The number of amides is 2. The Kier molecular flexibility index (Phi) is 8.21. The molecule has 0 radical (unpaired) electrons. The fraction of sp³-hybridized carbons (Fsp3) is 0.160. The molecule has 2 aromatic carbocycles. The number of halogens is 1. The molecule has 8 nitrogen and oxygen atoms in total. The first-order chi connectivity index (χ1) is 16.6. The Morgan fingerprint density at radius 2 is 1.69 bits per heavy atom. The van der Waals surface area contributed by atoms with Gasteiger partial charge < -0.3 is 27.5 Å². The second kappa shape index (κ2) is 11.3. The third-order valence-corrected chi connectivity index (χ3v) is 5.40. The maximum absolute atomic E-state index is 14.8. The van der Waals surface area contributed by atoms with E-state index < -0.39 is 23.7 Å². The summed E-state index contributed by atoms with van der Waals surface area (Å²) in [5.74, 6) is -2.31. The molecule has 0 bridgehead atoms. The highest BCUT2D eigenvalue weighted by atomic mass is 32.1. The highest BCUT2D eigenvalue weighted by Crippen LogP contribution is 2.26. The number of carbonyl (C=O) groups excluding carboxylic acids is 2. The minimum Gasteiger partial charge on any atom is -0.371 e. The van der Waals surface area contributed by atoms with E-state index in [1.54, 1.807) is 19.3 Å². The predicted molar refractivity (Wildman–Crippen MR) is 139 cm³/mol. The van der Waals surface area contributed by atoms with Crippen molar-refractivity contribution < 1.29 is 14.0 Å². The summed E-state index contributed by atoms with van der Waals surface area (Å²) < 4.78 is 14.8. The summed E-state index contributed by atoms with van der Waals surface area (Å²) in [5.41, 5.74) is 14.1. The summed E-state index contributed by atoms with van der Waals surface area (Å²) in [7, 11) is 0. The van der Waals surface area contributed by atoms with Crippen LogP contribution in [0.1, 0.15) is 29.3 Å². The van der Waals surface area contributed by atoms with Crippen LogP contribution in [0.3, 0.4) is 0 Å². The van der Waals surface area contributed by atoms with Crippen LogP contribution in [-0.4, -0.2) is 33.5 Å². The van der Waals surface area contributed by atoms with Gasteiger partial charge in [-0.25, -0.2) is 4.39 Å². The number of carbonyl (C=O) groups is 2. The number of rotatable bonds is 10. The number of anilines is 2. The molecule has 10 heteroatoms. The first-order valence-electron chi connectivity index (χ1n) is 10.7. The van der Waals surface area contributed by atoms with E-state index in [9.17, 15) is 14.0 Å². The minimum atomic E-state index is -0.931. The second-order valence-electron chi connectivity index (χ2n) is 7.98. The number of nitrogens with one attached hydrogen (secondary N) is 3. The Bertz CT molecular complexity index is 1260. The van der Waals surface area contributed by atoms with Crippen LogP contribution in [0.15, 0.2) is 60.9 Å². The largest absolute Gasteiger partial charge is 0.371 e. The number of thiocarbonyl (C=S) groups is 1. The lowest BCUT2D eigenvalue weighted by Gasteiger charge is -2.20. The van der Waals surface area contributed by atoms with E-state index in [1.165, 1.54) is 6.07 Å². The fourth-order valence-corrected chi connectivity index (χ4v) is 3.78. The zero-order valence-corrected chi connectivity index (χ0v) is 19.8. The summed E-state index contributed by atoms with van der Waals surface area (Å²) in [5, 5.41) is 13.2. The molecule has 1 unspecified atom stereocenters. The van der Waals surface area contributed by atoms with Crippen molar-refractivity contribution in [3.63, 3.8) is 0 Å². The van der Waals surface area contributed by atoms with Crippen molar-refractivity contribution in [1.82, 2.24) is 4.98 Å². The van der Waals surface area contributed by atoms with Crippen molar-refractivity contribution in [2.24, 2.45) is 11.5 Å². The van der Waals surface area contributed by atoms with Gasteiger partial charge in [0.05, 0.1) is 21.9 Å². The molecule has 3 aromatic rings. The molecule has 0 spiro atoms. The molecule has 3 rings (SSSR count). The second-order valence-corrected chi connectivity index (χ2v) is 8.48. The summed E-state index contributed by atoms with van der Waals surface area (Å²) in [6.45, 7) is 1.58. The third kappa shape index (κ3) is 6.90. The van der Waals surface area contributed by atoms with Gasteiger partial charge in [-0.3, -0.25) is 14.6 Å². The van der Waals surface area contributed by atoms with E-state index in [4.69, 9.17) is 29.1 Å². The number of hydrogen-bond donors (Lipinski definition) is 5. The SMILES string of the molecule is CC(=N)CC(=S)Nc1cc(NC(Cc2ccc(-c3ccncc3)cc2)C(N)=O)c(F)cc1C(N)=O. The Labute approximate surface area is 207 Å². The fourth-order valence-electron chi connectivity index (χ4n) is 3.45. The number of hydrogen-bond acceptors (Lipinski definition) is 6. The third-order valence-electron chi connectivity index (χ3n) is 5.15. The van der Waals surface area contributed by atoms with Gasteiger partial charge in [0.15, 0.2) is 0 Å². The summed E-state index contributed by atoms with van der Waals surface area (Å²) in [4.78, 5) is 28.3. The van der Waals surface area contributed by atoms with Gasteiger partial charge in [0.2, 0.25) is 5.91 Å². The van der Waals surface area contributed by atoms with Crippen LogP contribution in [-0.2, 0) is 11.2 Å². The monoisotopic (exact) mass is 492 g/mol. The lowest BCUT2D eigenvalue weighted by atomic mass is 10.0. The predicted octanol–water partition coefficient (Wildman–Crippen LogP) is 3.66. The van der Waals surface area contributed by atoms with Crippen molar-refractivity contribution in [3.05, 3.63) is 77.9 Å². The van der Waals surface area contributed by atoms with Gasteiger partial charge in [-0.15, -0.1) is 0 Å². The molecule has 35 heavy (non-hydrogen) atoms. The number of primary amides is 2. The maximum Gasteiger partial charge on any atom is 0.250 e. The molecule has 0 saturated carbocycles. The van der Waals surface area contributed by atoms with Gasteiger partial charge in [-0.1, -0.05) is 36.5 Å². The molecule has 0 saturated heterocycles. The van der Waals surface area contributed by atoms with Crippen molar-refractivity contribution in [2.75, 3.05) is 10.6 Å². The lowest BCUT2D eigenvalue weighted by Crippen LogP contribution is -2.37. The average Bonchev–Trinajstić information content (AvgIpc) is 2.80. The highest BCUT2D eigenvalue weighted by molar-refractivity contribution is 7.80. The molecule has 0 aliphatic rings. The van der Waals surface area contributed by atoms with Crippen LogP contribution >= 0.6 is 12.2 Å². The van der Waals surface area contributed by atoms with E-state index in [0.717, 1.165) is 22.8 Å². The molecule has 2 amide bonds. The summed E-state index contributed by atoms with van der Waals surface area (Å²) in [6, 6.07) is 12.7. The van der Waals surface area contributed by atoms with E-state index in [-0.39, 0.29) is 34.8 Å². The Morgan fingerprint density at radius 1 is 1.06 bits per heavy atom. The van der Waals surface area contributed by atoms with Gasteiger partial charge >= 0.3 is 0 Å². The summed E-state index contributed by atoms with van der Waals surface area (Å²) in [6.07, 6.45) is 3.77. The van der Waals surface area contributed by atoms with E-state index in [2.05, 4.69) is 15.6 Å². The highest BCUT2D eigenvalue weighted by Gasteiger charge is 2.21. The number of nitrogens with zero attached hydrogens (tertiary/aromatic N) is 1. The van der Waals surface area contributed by atoms with Crippen molar-refractivity contribution in [2.45, 2.75) is 25.8 Å². The van der Waals surface area contributed by atoms with E-state index in [0.29, 0.717) is 5.71 Å². The normalized spacial score (nSPS) is 11.4. The van der Waals surface area contributed by atoms with Gasteiger partial charge in [-0.2, -0.15) is 0 Å². The molecule has 1 atom stereocenters. The van der Waals surface area contributed by atoms with E-state index >= 15 is 0 Å². The topological polar surface area (TPSA) is 147 Å². The molecule has 0 aliphatic heterocycles. The Balaban J connectivity index is 1.83. The van der Waals surface area contributed by atoms with Gasteiger partial charge in [0, 0.05) is 30.9 Å². The first kappa shape index (κ1) is 25.4. The first-order valence-corrected chi connectivity index (χ1v) is 11.1. The van der Waals surface area contributed by atoms with Gasteiger partial charge in [0.1, 0.15) is 11.9 Å². The van der Waals surface area contributed by atoms with E-state index in [1.807, 2.05) is 36.4 Å². The zero-order chi connectivity index (χ0) is 25.5. The molecule has 1 aromatic heterocycles. The smallest absolute Gasteiger partial charge is 0.250 e. The number of aromatic nitrogens is 1. The number of benzene rings is 2. The van der Waals surface area contributed by atoms with Crippen LogP contribution in [0.4, 0.5) is 15.8 Å². The molecule has 1 heterocycles.